The molecule has 0 saturated heterocycles. The molecule has 0 atom stereocenters. The van der Waals surface area contributed by atoms with Gasteiger partial charge in [0.1, 0.15) is 0 Å². The lowest BCUT2D eigenvalue weighted by molar-refractivity contribution is -0.119. The molecule has 112 valence electrons. The van der Waals surface area contributed by atoms with Gasteiger partial charge in [-0.25, -0.2) is 0 Å². The van der Waals surface area contributed by atoms with Crippen LogP contribution in [0.5, 0.6) is 0 Å². The summed E-state index contributed by atoms with van der Waals surface area (Å²) in [7, 11) is 0. The average molecular weight is 281 g/mol. The van der Waals surface area contributed by atoms with Crippen molar-refractivity contribution in [3.63, 3.8) is 0 Å². The van der Waals surface area contributed by atoms with Crippen LogP contribution in [-0.2, 0) is 11.3 Å². The molecule has 2 amide bonds. The fourth-order valence-electron chi connectivity index (χ4n) is 1.99. The van der Waals surface area contributed by atoms with Crippen LogP contribution in [0.1, 0.15) is 42.7 Å². The summed E-state index contributed by atoms with van der Waals surface area (Å²) in [5, 5.41) is 6.97. The fraction of sp³-hybridized carbons (Fsp3) is 0.615. The number of rotatable bonds is 7. The van der Waals surface area contributed by atoms with Crippen molar-refractivity contribution in [1.82, 2.24) is 15.1 Å². The molecule has 0 aliphatic heterocycles. The molecular weight excluding hydrogens is 258 g/mol. The highest BCUT2D eigenvalue weighted by Gasteiger charge is 2.25. The molecule has 1 rings (SSSR count). The second kappa shape index (κ2) is 6.51. The van der Waals surface area contributed by atoms with Crippen LogP contribution in [0.3, 0.4) is 0 Å². The van der Waals surface area contributed by atoms with Crippen LogP contribution in [0.4, 0.5) is 0 Å². The molecule has 0 fully saturated rings. The average Bonchev–Trinajstić information content (AvgIpc) is 2.65. The third-order valence-electron chi connectivity index (χ3n) is 2.99. The van der Waals surface area contributed by atoms with Gasteiger partial charge in [-0.05, 0) is 33.7 Å². The first-order valence-electron chi connectivity index (χ1n) is 6.60. The van der Waals surface area contributed by atoms with Crippen molar-refractivity contribution in [2.45, 2.75) is 45.7 Å². The lowest BCUT2D eigenvalue weighted by Crippen LogP contribution is -2.46. The Labute approximate surface area is 118 Å². The van der Waals surface area contributed by atoms with E-state index in [1.54, 1.807) is 18.5 Å². The molecule has 0 aliphatic rings. The lowest BCUT2D eigenvalue weighted by Gasteiger charge is -2.24. The summed E-state index contributed by atoms with van der Waals surface area (Å²) in [6.07, 6.45) is 2.41. The first kappa shape index (κ1) is 16.2. The van der Waals surface area contributed by atoms with Crippen molar-refractivity contribution < 1.29 is 9.59 Å². The second-order valence-electron chi connectivity index (χ2n) is 5.49. The zero-order valence-electron chi connectivity index (χ0n) is 12.3. The van der Waals surface area contributed by atoms with E-state index < -0.39 is 11.4 Å². The minimum Gasteiger partial charge on any atom is -0.370 e. The van der Waals surface area contributed by atoms with Crippen molar-refractivity contribution in [1.29, 1.82) is 0 Å². The molecule has 0 bridgehead atoms. The Morgan fingerprint density at radius 3 is 2.65 bits per heavy atom. The monoisotopic (exact) mass is 281 g/mol. The first-order valence-corrected chi connectivity index (χ1v) is 6.60. The highest BCUT2D eigenvalue weighted by Crippen LogP contribution is 2.12. The Bertz CT molecular complexity index is 493. The number of amides is 2. The smallest absolute Gasteiger partial charge is 0.255 e. The van der Waals surface area contributed by atoms with E-state index in [2.05, 4.69) is 10.4 Å². The maximum Gasteiger partial charge on any atom is 0.255 e. The van der Waals surface area contributed by atoms with Gasteiger partial charge in [0.15, 0.2) is 0 Å². The molecule has 7 nitrogen and oxygen atoms in total. The number of primary amides is 1. The zero-order chi connectivity index (χ0) is 15.3. The Morgan fingerprint density at radius 1 is 1.45 bits per heavy atom. The fourth-order valence-corrected chi connectivity index (χ4v) is 1.99. The molecule has 1 heterocycles. The van der Waals surface area contributed by atoms with Gasteiger partial charge < -0.3 is 16.8 Å². The Hall–Kier alpha value is -1.89. The SMILES string of the molecule is Cc1c(C(=O)NC(C)(C)CC(N)=O)cnn1CCCN. The third-order valence-corrected chi connectivity index (χ3v) is 2.99. The van der Waals surface area contributed by atoms with Gasteiger partial charge in [-0.15, -0.1) is 0 Å². The van der Waals surface area contributed by atoms with E-state index >= 15 is 0 Å². The number of aromatic nitrogens is 2. The van der Waals surface area contributed by atoms with Gasteiger partial charge in [0.25, 0.3) is 5.91 Å². The van der Waals surface area contributed by atoms with E-state index in [1.807, 2.05) is 6.92 Å². The van der Waals surface area contributed by atoms with Gasteiger partial charge in [-0.1, -0.05) is 0 Å². The Kier molecular flexibility index (Phi) is 5.26. The van der Waals surface area contributed by atoms with E-state index in [1.165, 1.54) is 6.20 Å². The summed E-state index contributed by atoms with van der Waals surface area (Å²) in [4.78, 5) is 23.2. The van der Waals surface area contributed by atoms with Crippen molar-refractivity contribution in [3.05, 3.63) is 17.5 Å². The lowest BCUT2D eigenvalue weighted by atomic mass is 9.99. The predicted octanol–water partition coefficient (Wildman–Crippen LogP) is -0.0759. The van der Waals surface area contributed by atoms with Crippen LogP contribution in [0.15, 0.2) is 6.20 Å². The maximum atomic E-state index is 12.2. The van der Waals surface area contributed by atoms with E-state index in [-0.39, 0.29) is 12.3 Å². The second-order valence-corrected chi connectivity index (χ2v) is 5.49. The minimum absolute atomic E-state index is 0.0824. The molecule has 0 spiro atoms. The number of nitrogens with zero attached hydrogens (tertiary/aromatic N) is 2. The molecule has 7 heteroatoms. The van der Waals surface area contributed by atoms with Crippen LogP contribution in [0, 0.1) is 6.92 Å². The quantitative estimate of drug-likeness (QED) is 0.648. The first-order chi connectivity index (χ1) is 9.26. The highest BCUT2D eigenvalue weighted by atomic mass is 16.2. The number of carbonyl (C=O) groups excluding carboxylic acids is 2. The number of hydrogen-bond donors (Lipinski definition) is 3. The standard InChI is InChI=1S/C13H23N5O2/c1-9-10(8-16-18(9)6-4-5-14)12(20)17-13(2,3)7-11(15)19/h8H,4-7,14H2,1-3H3,(H2,15,19)(H,17,20). The summed E-state index contributed by atoms with van der Waals surface area (Å²) >= 11 is 0. The summed E-state index contributed by atoms with van der Waals surface area (Å²) in [6, 6.07) is 0. The largest absolute Gasteiger partial charge is 0.370 e. The van der Waals surface area contributed by atoms with E-state index in [9.17, 15) is 9.59 Å². The maximum absolute atomic E-state index is 12.2. The predicted molar refractivity (Wildman–Crippen MR) is 76.0 cm³/mol. The molecule has 0 unspecified atom stereocenters. The van der Waals surface area contributed by atoms with Crippen molar-refractivity contribution in [3.8, 4) is 0 Å². The topological polar surface area (TPSA) is 116 Å². The van der Waals surface area contributed by atoms with Crippen LogP contribution < -0.4 is 16.8 Å². The molecule has 20 heavy (non-hydrogen) atoms. The number of aryl methyl sites for hydroxylation is 1. The van der Waals surface area contributed by atoms with E-state index in [4.69, 9.17) is 11.5 Å². The molecule has 0 saturated carbocycles. The van der Waals surface area contributed by atoms with E-state index in [0.29, 0.717) is 18.7 Å². The van der Waals surface area contributed by atoms with Crippen LogP contribution in [-0.4, -0.2) is 33.7 Å². The number of nitrogens with two attached hydrogens (primary N) is 2. The van der Waals surface area contributed by atoms with Gasteiger partial charge in [0, 0.05) is 24.2 Å². The summed E-state index contributed by atoms with van der Waals surface area (Å²) in [6.45, 7) is 6.60. The molecule has 0 aromatic carbocycles. The van der Waals surface area contributed by atoms with Gasteiger partial charge in [-0.2, -0.15) is 5.10 Å². The van der Waals surface area contributed by atoms with Crippen LogP contribution >= 0.6 is 0 Å². The van der Waals surface area contributed by atoms with Gasteiger partial charge >= 0.3 is 0 Å². The number of nitrogens with one attached hydrogen (secondary N) is 1. The third kappa shape index (κ3) is 4.34. The highest BCUT2D eigenvalue weighted by molar-refractivity contribution is 5.95. The molecular formula is C13H23N5O2. The summed E-state index contributed by atoms with van der Waals surface area (Å²) < 4.78 is 1.75. The molecule has 1 aromatic rings. The van der Waals surface area contributed by atoms with E-state index in [0.717, 1.165) is 12.1 Å². The van der Waals surface area contributed by atoms with Gasteiger partial charge in [-0.3, -0.25) is 14.3 Å². The molecule has 0 radical (unpaired) electrons. The molecule has 1 aromatic heterocycles. The van der Waals surface area contributed by atoms with Crippen molar-refractivity contribution in [2.75, 3.05) is 6.54 Å². The minimum atomic E-state index is -0.686. The number of carbonyl (C=O) groups is 2. The van der Waals surface area contributed by atoms with Crippen molar-refractivity contribution in [2.24, 2.45) is 11.5 Å². The molecule has 5 N–H and O–H groups in total. The summed E-state index contributed by atoms with van der Waals surface area (Å²) in [5.74, 6) is -0.710. The Morgan fingerprint density at radius 2 is 2.10 bits per heavy atom. The summed E-state index contributed by atoms with van der Waals surface area (Å²) in [5.41, 5.74) is 11.2. The van der Waals surface area contributed by atoms with Crippen LogP contribution in [0.2, 0.25) is 0 Å². The zero-order valence-corrected chi connectivity index (χ0v) is 12.3. The van der Waals surface area contributed by atoms with Crippen LogP contribution in [0.25, 0.3) is 0 Å². The van der Waals surface area contributed by atoms with Gasteiger partial charge in [0.2, 0.25) is 5.91 Å². The van der Waals surface area contributed by atoms with Gasteiger partial charge in [0.05, 0.1) is 11.8 Å². The normalized spacial score (nSPS) is 11.4. The molecule has 0 aliphatic carbocycles. The van der Waals surface area contributed by atoms with Crippen molar-refractivity contribution >= 4 is 11.8 Å². The Balaban J connectivity index is 2.78. The number of hydrogen-bond acceptors (Lipinski definition) is 4.